The number of aromatic nitrogens is 2. The molecule has 1 aromatic heterocycles. The average molecular weight is 185 g/mol. The maximum absolute atomic E-state index is 10.0. The maximum Gasteiger partial charge on any atom is 0.295 e. The highest BCUT2D eigenvalue weighted by atomic mass is 16.7. The van der Waals surface area contributed by atoms with E-state index in [2.05, 4.69) is 14.7 Å². The molecule has 0 aliphatic rings. The molecule has 0 saturated carbocycles. The summed E-state index contributed by atoms with van der Waals surface area (Å²) in [5, 5.41) is 0. The van der Waals surface area contributed by atoms with Crippen LogP contribution in [-0.4, -0.2) is 29.8 Å². The van der Waals surface area contributed by atoms with Gasteiger partial charge in [0.05, 0.1) is 6.42 Å². The van der Waals surface area contributed by atoms with Gasteiger partial charge in [-0.2, -0.15) is 0 Å². The predicted molar refractivity (Wildman–Crippen MR) is 44.7 cm³/mol. The van der Waals surface area contributed by atoms with E-state index < -0.39 is 6.29 Å². The van der Waals surface area contributed by atoms with E-state index in [9.17, 15) is 4.79 Å². The van der Waals surface area contributed by atoms with E-state index in [0.29, 0.717) is 24.5 Å². The third-order valence-corrected chi connectivity index (χ3v) is 1.48. The van der Waals surface area contributed by atoms with Crippen LogP contribution >= 0.6 is 0 Å². The van der Waals surface area contributed by atoms with Crippen LogP contribution in [0.25, 0.3) is 0 Å². The minimum absolute atomic E-state index is 0.334. The molecule has 0 fully saturated rings. The fraction of sp³-hybridized carbons (Fsp3) is 0.429. The molecule has 6 heteroatoms. The third kappa shape index (κ3) is 2.75. The Kier molecular flexibility index (Phi) is 3.27. The van der Waals surface area contributed by atoms with Gasteiger partial charge in [-0.05, 0) is 0 Å². The van der Waals surface area contributed by atoms with Crippen LogP contribution in [0.1, 0.15) is 5.82 Å². The zero-order chi connectivity index (χ0) is 9.68. The van der Waals surface area contributed by atoms with Crippen molar-refractivity contribution in [1.29, 1.82) is 0 Å². The molecule has 0 radical (unpaired) electrons. The Morgan fingerprint density at radius 2 is 2.62 bits per heavy atom. The van der Waals surface area contributed by atoms with Gasteiger partial charge in [0.2, 0.25) is 6.29 Å². The number of H-pyrrole nitrogens is 1. The molecule has 1 atom stereocenters. The van der Waals surface area contributed by atoms with Crippen LogP contribution in [0.4, 0.5) is 5.82 Å². The highest BCUT2D eigenvalue weighted by Crippen LogP contribution is 2.03. The largest absolute Gasteiger partial charge is 0.437 e. The van der Waals surface area contributed by atoms with Gasteiger partial charge in [-0.25, -0.2) is 4.98 Å². The van der Waals surface area contributed by atoms with E-state index in [1.165, 1.54) is 7.11 Å². The highest BCUT2D eigenvalue weighted by molar-refractivity contribution is 5.37. The topological polar surface area (TPSA) is 90.2 Å². The molecule has 0 amide bonds. The number of hydrogen-bond donors (Lipinski definition) is 2. The number of nitrogens with zero attached hydrogens (tertiary/aromatic N) is 1. The van der Waals surface area contributed by atoms with Crippen LogP contribution in [0.3, 0.4) is 0 Å². The second-order valence-corrected chi connectivity index (χ2v) is 2.37. The normalized spacial score (nSPS) is 12.4. The van der Waals surface area contributed by atoms with Crippen LogP contribution in [0.15, 0.2) is 6.20 Å². The zero-order valence-electron chi connectivity index (χ0n) is 7.19. The molecule has 72 valence electrons. The van der Waals surface area contributed by atoms with Crippen molar-refractivity contribution in [3.05, 3.63) is 12.0 Å². The van der Waals surface area contributed by atoms with Gasteiger partial charge in [0.15, 0.2) is 0 Å². The van der Waals surface area contributed by atoms with Crippen molar-refractivity contribution in [2.75, 3.05) is 12.8 Å². The number of imidazole rings is 1. The molecular weight excluding hydrogens is 174 g/mol. The predicted octanol–water partition coefficient (Wildman–Crippen LogP) is -0.320. The molecule has 1 rings (SSSR count). The lowest BCUT2D eigenvalue weighted by atomic mass is 10.4. The summed E-state index contributed by atoms with van der Waals surface area (Å²) < 4.78 is 9.45. The first-order valence-electron chi connectivity index (χ1n) is 3.68. The van der Waals surface area contributed by atoms with Gasteiger partial charge in [0, 0.05) is 13.3 Å². The summed E-state index contributed by atoms with van der Waals surface area (Å²) in [4.78, 5) is 16.8. The van der Waals surface area contributed by atoms with E-state index in [-0.39, 0.29) is 0 Å². The van der Waals surface area contributed by atoms with Crippen LogP contribution in [0.2, 0.25) is 0 Å². The van der Waals surface area contributed by atoms with Crippen molar-refractivity contribution in [1.82, 2.24) is 9.97 Å². The van der Waals surface area contributed by atoms with Crippen molar-refractivity contribution in [2.24, 2.45) is 0 Å². The van der Waals surface area contributed by atoms with Crippen LogP contribution in [0.5, 0.6) is 0 Å². The quantitative estimate of drug-likeness (QED) is 0.484. The second-order valence-electron chi connectivity index (χ2n) is 2.37. The number of hydrogen-bond acceptors (Lipinski definition) is 5. The first-order valence-corrected chi connectivity index (χ1v) is 3.68. The fourth-order valence-electron chi connectivity index (χ4n) is 0.889. The maximum atomic E-state index is 10.0. The lowest BCUT2D eigenvalue weighted by Gasteiger charge is -2.10. The number of aromatic amines is 1. The molecule has 1 unspecified atom stereocenters. The number of nitrogens with two attached hydrogens (primary N) is 1. The molecule has 0 bridgehead atoms. The standard InChI is InChI=1S/C7H11N3O3/c1-12-7(13-4-11)2-6-9-3-5(8)10-6/h3-4,7H,2,8H2,1H3,(H,9,10). The van der Waals surface area contributed by atoms with Crippen LogP contribution in [-0.2, 0) is 20.7 Å². The summed E-state index contributed by atoms with van der Waals surface area (Å²) in [6.07, 6.45) is 1.29. The first-order chi connectivity index (χ1) is 6.26. The molecule has 0 spiro atoms. The average Bonchev–Trinajstić information content (AvgIpc) is 2.50. The van der Waals surface area contributed by atoms with Crippen molar-refractivity contribution < 1.29 is 14.3 Å². The molecular formula is C7H11N3O3. The van der Waals surface area contributed by atoms with Crippen LogP contribution < -0.4 is 5.73 Å². The summed E-state index contributed by atoms with van der Waals surface area (Å²) in [6, 6.07) is 0. The van der Waals surface area contributed by atoms with Crippen molar-refractivity contribution in [3.8, 4) is 0 Å². The van der Waals surface area contributed by atoms with E-state index in [4.69, 9.17) is 10.5 Å². The fourth-order valence-corrected chi connectivity index (χ4v) is 0.889. The molecule has 6 nitrogen and oxygen atoms in total. The Morgan fingerprint density at radius 1 is 1.85 bits per heavy atom. The minimum atomic E-state index is -0.622. The molecule has 0 aromatic carbocycles. The molecule has 0 saturated heterocycles. The summed E-state index contributed by atoms with van der Waals surface area (Å²) in [7, 11) is 1.44. The smallest absolute Gasteiger partial charge is 0.295 e. The Balaban J connectivity index is 2.50. The Labute approximate surface area is 75.0 Å². The van der Waals surface area contributed by atoms with E-state index in [0.717, 1.165) is 0 Å². The SMILES string of the molecule is COC(Cc1nc(N)c[nH]1)OC=O. The Hall–Kier alpha value is -1.56. The highest BCUT2D eigenvalue weighted by Gasteiger charge is 2.10. The molecule has 13 heavy (non-hydrogen) atoms. The Bertz CT molecular complexity index is 274. The molecule has 0 aliphatic heterocycles. The molecule has 3 N–H and O–H groups in total. The second kappa shape index (κ2) is 4.46. The molecule has 0 aliphatic carbocycles. The summed E-state index contributed by atoms with van der Waals surface area (Å²) >= 11 is 0. The van der Waals surface area contributed by atoms with Crippen LogP contribution in [0, 0.1) is 0 Å². The number of carbonyl (C=O) groups is 1. The summed E-state index contributed by atoms with van der Waals surface area (Å²) in [6.45, 7) is 0.334. The monoisotopic (exact) mass is 185 g/mol. The van der Waals surface area contributed by atoms with Crippen molar-refractivity contribution in [3.63, 3.8) is 0 Å². The molecule has 1 aromatic rings. The lowest BCUT2D eigenvalue weighted by Crippen LogP contribution is -2.18. The minimum Gasteiger partial charge on any atom is -0.437 e. The summed E-state index contributed by atoms with van der Waals surface area (Å²) in [5.41, 5.74) is 5.38. The van der Waals surface area contributed by atoms with E-state index in [1.54, 1.807) is 6.20 Å². The van der Waals surface area contributed by atoms with Gasteiger partial charge in [0.25, 0.3) is 6.47 Å². The van der Waals surface area contributed by atoms with Crippen molar-refractivity contribution >= 4 is 12.3 Å². The van der Waals surface area contributed by atoms with Gasteiger partial charge in [-0.15, -0.1) is 0 Å². The van der Waals surface area contributed by atoms with Crippen molar-refractivity contribution in [2.45, 2.75) is 12.7 Å². The molecule has 1 heterocycles. The number of rotatable bonds is 5. The number of carbonyl (C=O) groups excluding carboxylic acids is 1. The van der Waals surface area contributed by atoms with Gasteiger partial charge in [-0.3, -0.25) is 4.79 Å². The lowest BCUT2D eigenvalue weighted by molar-refractivity contribution is -0.157. The number of methoxy groups -OCH3 is 1. The van der Waals surface area contributed by atoms with Gasteiger partial charge in [-0.1, -0.05) is 0 Å². The van der Waals surface area contributed by atoms with Gasteiger partial charge in [0.1, 0.15) is 11.6 Å². The van der Waals surface area contributed by atoms with E-state index in [1.807, 2.05) is 0 Å². The van der Waals surface area contributed by atoms with Gasteiger partial charge < -0.3 is 20.2 Å². The van der Waals surface area contributed by atoms with Gasteiger partial charge >= 0.3 is 0 Å². The number of anilines is 1. The number of nitrogen functional groups attached to an aromatic ring is 1. The summed E-state index contributed by atoms with van der Waals surface area (Å²) in [5.74, 6) is 1.02. The zero-order valence-corrected chi connectivity index (χ0v) is 7.19. The first kappa shape index (κ1) is 9.53. The van der Waals surface area contributed by atoms with E-state index >= 15 is 0 Å². The third-order valence-electron chi connectivity index (χ3n) is 1.48. The number of nitrogens with one attached hydrogen (secondary N) is 1. The number of ether oxygens (including phenoxy) is 2. The Morgan fingerprint density at radius 3 is 3.08 bits per heavy atom.